The summed E-state index contributed by atoms with van der Waals surface area (Å²) in [5.41, 5.74) is 5.40. The molecule has 2 N–H and O–H groups in total. The molecule has 0 fully saturated rings. The van der Waals surface area contributed by atoms with Crippen molar-refractivity contribution in [2.45, 2.75) is 39.7 Å². The Kier molecular flexibility index (Phi) is 4.69. The van der Waals surface area contributed by atoms with Crippen LogP contribution in [0.2, 0.25) is 0 Å². The van der Waals surface area contributed by atoms with Crippen molar-refractivity contribution in [1.29, 1.82) is 0 Å². The van der Waals surface area contributed by atoms with Gasteiger partial charge in [0.15, 0.2) is 0 Å². The smallest absolute Gasteiger partial charge is 0.0598 e. The fourth-order valence-corrected chi connectivity index (χ4v) is 0.760. The molecule has 0 aliphatic carbocycles. The Labute approximate surface area is 70.1 Å². The van der Waals surface area contributed by atoms with Crippen LogP contribution >= 0.6 is 0 Å². The lowest BCUT2D eigenvalue weighted by atomic mass is 10.1. The molecule has 1 unspecified atom stereocenters. The fourth-order valence-electron chi connectivity index (χ4n) is 0.760. The summed E-state index contributed by atoms with van der Waals surface area (Å²) in [6, 6.07) is 0. The van der Waals surface area contributed by atoms with Gasteiger partial charge in [-0.15, -0.1) is 0 Å². The summed E-state index contributed by atoms with van der Waals surface area (Å²) < 4.78 is 5.59. The standard InChI is InChI=1S/C9H21NO/c1-8(5-6-10)7-11-9(2,3)4/h8H,5-7,10H2,1-4H3. The minimum Gasteiger partial charge on any atom is -0.376 e. The lowest BCUT2D eigenvalue weighted by molar-refractivity contribution is -0.0202. The Morgan fingerprint density at radius 1 is 1.36 bits per heavy atom. The van der Waals surface area contributed by atoms with E-state index in [1.165, 1.54) is 0 Å². The maximum absolute atomic E-state index is 5.59. The van der Waals surface area contributed by atoms with Gasteiger partial charge in [-0.3, -0.25) is 0 Å². The van der Waals surface area contributed by atoms with Gasteiger partial charge in [-0.1, -0.05) is 6.92 Å². The molecule has 0 aliphatic rings. The second-order valence-corrected chi connectivity index (χ2v) is 4.11. The highest BCUT2D eigenvalue weighted by molar-refractivity contribution is 4.61. The lowest BCUT2D eigenvalue weighted by Crippen LogP contribution is -2.23. The van der Waals surface area contributed by atoms with E-state index in [0.29, 0.717) is 5.92 Å². The van der Waals surface area contributed by atoms with Crippen LogP contribution in [0.15, 0.2) is 0 Å². The highest BCUT2D eigenvalue weighted by Gasteiger charge is 2.11. The first-order valence-electron chi connectivity index (χ1n) is 4.29. The van der Waals surface area contributed by atoms with Crippen molar-refractivity contribution < 1.29 is 4.74 Å². The molecule has 0 rings (SSSR count). The van der Waals surface area contributed by atoms with E-state index in [1.807, 2.05) is 0 Å². The van der Waals surface area contributed by atoms with Gasteiger partial charge in [0, 0.05) is 6.61 Å². The van der Waals surface area contributed by atoms with Crippen LogP contribution in [0, 0.1) is 5.92 Å². The molecule has 2 heteroatoms. The molecule has 1 atom stereocenters. The molecule has 0 aromatic rings. The third kappa shape index (κ3) is 7.82. The summed E-state index contributed by atoms with van der Waals surface area (Å²) >= 11 is 0. The summed E-state index contributed by atoms with van der Waals surface area (Å²) in [5, 5.41) is 0. The van der Waals surface area contributed by atoms with Gasteiger partial charge in [0.05, 0.1) is 5.60 Å². The molecule has 0 spiro atoms. The average Bonchev–Trinajstić information content (AvgIpc) is 1.83. The molecule has 0 heterocycles. The van der Waals surface area contributed by atoms with Crippen molar-refractivity contribution in [3.63, 3.8) is 0 Å². The Morgan fingerprint density at radius 2 is 1.91 bits per heavy atom. The van der Waals surface area contributed by atoms with Crippen molar-refractivity contribution in [2.75, 3.05) is 13.2 Å². The summed E-state index contributed by atoms with van der Waals surface area (Å²) in [6.07, 6.45) is 1.05. The van der Waals surface area contributed by atoms with Gasteiger partial charge in [-0.2, -0.15) is 0 Å². The lowest BCUT2D eigenvalue weighted by Gasteiger charge is -2.22. The van der Waals surface area contributed by atoms with Crippen LogP contribution in [-0.4, -0.2) is 18.8 Å². The number of hydrogen-bond acceptors (Lipinski definition) is 2. The Balaban J connectivity index is 3.38. The maximum Gasteiger partial charge on any atom is 0.0598 e. The van der Waals surface area contributed by atoms with Crippen LogP contribution in [-0.2, 0) is 4.74 Å². The minimum atomic E-state index is -0.0111. The first kappa shape index (κ1) is 10.9. The molecule has 0 amide bonds. The number of ether oxygens (including phenoxy) is 1. The second-order valence-electron chi connectivity index (χ2n) is 4.11. The Morgan fingerprint density at radius 3 is 2.27 bits per heavy atom. The fraction of sp³-hybridized carbons (Fsp3) is 1.00. The topological polar surface area (TPSA) is 35.2 Å². The van der Waals surface area contributed by atoms with E-state index in [1.54, 1.807) is 0 Å². The molecule has 0 aromatic carbocycles. The van der Waals surface area contributed by atoms with Crippen LogP contribution in [0.4, 0.5) is 0 Å². The van der Waals surface area contributed by atoms with E-state index in [-0.39, 0.29) is 5.60 Å². The Bertz CT molecular complexity index is 96.2. The molecule has 0 saturated heterocycles. The number of rotatable bonds is 4. The van der Waals surface area contributed by atoms with Gasteiger partial charge in [-0.05, 0) is 39.7 Å². The highest BCUT2D eigenvalue weighted by atomic mass is 16.5. The van der Waals surface area contributed by atoms with Crippen LogP contribution in [0.1, 0.15) is 34.1 Å². The van der Waals surface area contributed by atoms with Crippen molar-refractivity contribution >= 4 is 0 Å². The zero-order valence-electron chi connectivity index (χ0n) is 8.18. The third-order valence-electron chi connectivity index (χ3n) is 1.46. The van der Waals surface area contributed by atoms with E-state index in [0.717, 1.165) is 19.6 Å². The molecule has 0 aromatic heterocycles. The second kappa shape index (κ2) is 4.73. The quantitative estimate of drug-likeness (QED) is 0.678. The molecule has 0 aliphatic heterocycles. The first-order valence-corrected chi connectivity index (χ1v) is 4.29. The van der Waals surface area contributed by atoms with Crippen molar-refractivity contribution in [3.8, 4) is 0 Å². The first-order chi connectivity index (χ1) is 4.95. The van der Waals surface area contributed by atoms with Gasteiger partial charge in [0.2, 0.25) is 0 Å². The molecule has 11 heavy (non-hydrogen) atoms. The van der Waals surface area contributed by atoms with Crippen molar-refractivity contribution in [3.05, 3.63) is 0 Å². The summed E-state index contributed by atoms with van der Waals surface area (Å²) in [5.74, 6) is 0.583. The van der Waals surface area contributed by atoms with Gasteiger partial charge >= 0.3 is 0 Å². The van der Waals surface area contributed by atoms with Crippen molar-refractivity contribution in [2.24, 2.45) is 11.7 Å². The van der Waals surface area contributed by atoms with Gasteiger partial charge in [0.25, 0.3) is 0 Å². The minimum absolute atomic E-state index is 0.0111. The summed E-state index contributed by atoms with van der Waals surface area (Å²) in [4.78, 5) is 0. The van der Waals surface area contributed by atoms with Crippen LogP contribution in [0.5, 0.6) is 0 Å². The largest absolute Gasteiger partial charge is 0.376 e. The van der Waals surface area contributed by atoms with E-state index >= 15 is 0 Å². The van der Waals surface area contributed by atoms with Crippen LogP contribution < -0.4 is 5.73 Å². The van der Waals surface area contributed by atoms with E-state index in [2.05, 4.69) is 27.7 Å². The van der Waals surface area contributed by atoms with Crippen LogP contribution in [0.3, 0.4) is 0 Å². The monoisotopic (exact) mass is 159 g/mol. The third-order valence-corrected chi connectivity index (χ3v) is 1.46. The SMILES string of the molecule is CC(CCN)COC(C)(C)C. The molecule has 68 valence electrons. The van der Waals surface area contributed by atoms with Gasteiger partial charge in [-0.25, -0.2) is 0 Å². The molecule has 2 nitrogen and oxygen atoms in total. The van der Waals surface area contributed by atoms with Gasteiger partial charge < -0.3 is 10.5 Å². The predicted octanol–water partition coefficient (Wildman–Crippen LogP) is 1.79. The van der Waals surface area contributed by atoms with E-state index < -0.39 is 0 Å². The zero-order valence-corrected chi connectivity index (χ0v) is 8.18. The normalized spacial score (nSPS) is 15.0. The molecule has 0 radical (unpaired) electrons. The molecule has 0 saturated carbocycles. The average molecular weight is 159 g/mol. The molecular formula is C9H21NO. The van der Waals surface area contributed by atoms with E-state index in [9.17, 15) is 0 Å². The van der Waals surface area contributed by atoms with Crippen LogP contribution in [0.25, 0.3) is 0 Å². The van der Waals surface area contributed by atoms with Crippen molar-refractivity contribution in [1.82, 2.24) is 0 Å². The molecular weight excluding hydrogens is 138 g/mol. The van der Waals surface area contributed by atoms with E-state index in [4.69, 9.17) is 10.5 Å². The summed E-state index contributed by atoms with van der Waals surface area (Å²) in [7, 11) is 0. The highest BCUT2D eigenvalue weighted by Crippen LogP contribution is 2.10. The predicted molar refractivity (Wildman–Crippen MR) is 48.5 cm³/mol. The number of nitrogens with two attached hydrogens (primary N) is 1. The molecule has 0 bridgehead atoms. The zero-order chi connectivity index (χ0) is 8.91. The maximum atomic E-state index is 5.59. The van der Waals surface area contributed by atoms with Gasteiger partial charge in [0.1, 0.15) is 0 Å². The summed E-state index contributed by atoms with van der Waals surface area (Å²) in [6.45, 7) is 9.96. The Hall–Kier alpha value is -0.0800. The number of hydrogen-bond donors (Lipinski definition) is 1.